The minimum atomic E-state index is 0.280. The van der Waals surface area contributed by atoms with Gasteiger partial charge in [-0.05, 0) is 52.5 Å². The maximum absolute atomic E-state index is 3.40. The standard InChI is InChI=1S/C19H19NS/c1-20-19(18-11-12-21-14-18)17-9-7-16(8-10-17)13-15-5-3-2-4-6-15/h2-12,14,19-20H,13H2,1H3. The van der Waals surface area contributed by atoms with Gasteiger partial charge in [-0.25, -0.2) is 0 Å². The molecule has 0 aliphatic carbocycles. The van der Waals surface area contributed by atoms with Gasteiger partial charge in [0.05, 0.1) is 6.04 Å². The van der Waals surface area contributed by atoms with E-state index in [0.717, 1.165) is 6.42 Å². The van der Waals surface area contributed by atoms with Crippen molar-refractivity contribution < 1.29 is 0 Å². The van der Waals surface area contributed by atoms with Crippen LogP contribution >= 0.6 is 11.3 Å². The van der Waals surface area contributed by atoms with E-state index in [2.05, 4.69) is 76.7 Å². The first-order valence-electron chi connectivity index (χ1n) is 7.19. The Bertz CT molecular complexity index is 657. The van der Waals surface area contributed by atoms with Crippen LogP contribution in [0.1, 0.15) is 28.3 Å². The van der Waals surface area contributed by atoms with Crippen LogP contribution in [0, 0.1) is 0 Å². The van der Waals surface area contributed by atoms with Gasteiger partial charge in [0.2, 0.25) is 0 Å². The Morgan fingerprint density at radius 2 is 1.57 bits per heavy atom. The van der Waals surface area contributed by atoms with E-state index in [1.165, 1.54) is 22.3 Å². The summed E-state index contributed by atoms with van der Waals surface area (Å²) in [4.78, 5) is 0. The van der Waals surface area contributed by atoms with Gasteiger partial charge in [-0.15, -0.1) is 0 Å². The Balaban J connectivity index is 1.77. The van der Waals surface area contributed by atoms with Gasteiger partial charge in [-0.3, -0.25) is 0 Å². The molecular weight excluding hydrogens is 274 g/mol. The van der Waals surface area contributed by atoms with Crippen molar-refractivity contribution in [2.24, 2.45) is 0 Å². The molecule has 1 nitrogen and oxygen atoms in total. The quantitative estimate of drug-likeness (QED) is 0.722. The van der Waals surface area contributed by atoms with Crippen molar-refractivity contribution in [1.29, 1.82) is 0 Å². The van der Waals surface area contributed by atoms with Crippen molar-refractivity contribution in [3.8, 4) is 0 Å². The van der Waals surface area contributed by atoms with E-state index in [9.17, 15) is 0 Å². The van der Waals surface area contributed by atoms with Crippen molar-refractivity contribution >= 4 is 11.3 Å². The van der Waals surface area contributed by atoms with Gasteiger partial charge in [0.15, 0.2) is 0 Å². The van der Waals surface area contributed by atoms with E-state index in [1.54, 1.807) is 11.3 Å². The highest BCUT2D eigenvalue weighted by Crippen LogP contribution is 2.24. The number of nitrogens with one attached hydrogen (secondary N) is 1. The van der Waals surface area contributed by atoms with Gasteiger partial charge in [-0.1, -0.05) is 54.6 Å². The van der Waals surface area contributed by atoms with Crippen molar-refractivity contribution in [2.75, 3.05) is 7.05 Å². The maximum atomic E-state index is 3.40. The molecule has 0 bridgehead atoms. The first-order valence-corrected chi connectivity index (χ1v) is 8.13. The summed E-state index contributed by atoms with van der Waals surface area (Å²) < 4.78 is 0. The van der Waals surface area contributed by atoms with E-state index >= 15 is 0 Å². The second-order valence-corrected chi connectivity index (χ2v) is 5.96. The van der Waals surface area contributed by atoms with Gasteiger partial charge in [0.25, 0.3) is 0 Å². The van der Waals surface area contributed by atoms with Crippen molar-refractivity contribution in [1.82, 2.24) is 5.32 Å². The zero-order valence-electron chi connectivity index (χ0n) is 12.1. The normalized spacial score (nSPS) is 12.2. The summed E-state index contributed by atoms with van der Waals surface area (Å²) in [6.07, 6.45) is 0.990. The number of thiophene rings is 1. The molecular formula is C19H19NS. The lowest BCUT2D eigenvalue weighted by Gasteiger charge is -2.16. The second-order valence-electron chi connectivity index (χ2n) is 5.18. The molecule has 0 aliphatic rings. The van der Waals surface area contributed by atoms with Crippen LogP contribution in [-0.2, 0) is 6.42 Å². The highest BCUT2D eigenvalue weighted by molar-refractivity contribution is 7.08. The summed E-state index contributed by atoms with van der Waals surface area (Å²) in [6, 6.07) is 22.0. The van der Waals surface area contributed by atoms with Crippen LogP contribution in [0.4, 0.5) is 0 Å². The third-order valence-electron chi connectivity index (χ3n) is 3.73. The molecule has 1 atom stereocenters. The molecule has 1 unspecified atom stereocenters. The summed E-state index contributed by atoms with van der Waals surface area (Å²) in [5.74, 6) is 0. The van der Waals surface area contributed by atoms with Crippen LogP contribution in [0.5, 0.6) is 0 Å². The number of rotatable bonds is 5. The van der Waals surface area contributed by atoms with Crippen LogP contribution in [0.2, 0.25) is 0 Å². The molecule has 2 aromatic carbocycles. The van der Waals surface area contributed by atoms with Crippen LogP contribution in [0.25, 0.3) is 0 Å². The van der Waals surface area contributed by atoms with Crippen molar-refractivity contribution in [2.45, 2.75) is 12.5 Å². The highest BCUT2D eigenvalue weighted by atomic mass is 32.1. The minimum absolute atomic E-state index is 0.280. The van der Waals surface area contributed by atoms with E-state index < -0.39 is 0 Å². The van der Waals surface area contributed by atoms with Crippen LogP contribution < -0.4 is 5.32 Å². The van der Waals surface area contributed by atoms with E-state index in [4.69, 9.17) is 0 Å². The Morgan fingerprint density at radius 1 is 0.857 bits per heavy atom. The molecule has 21 heavy (non-hydrogen) atoms. The van der Waals surface area contributed by atoms with Crippen LogP contribution in [0.3, 0.4) is 0 Å². The van der Waals surface area contributed by atoms with Crippen molar-refractivity contribution in [3.63, 3.8) is 0 Å². The molecule has 3 rings (SSSR count). The van der Waals surface area contributed by atoms with Gasteiger partial charge < -0.3 is 5.32 Å². The van der Waals surface area contributed by atoms with Crippen LogP contribution in [-0.4, -0.2) is 7.05 Å². The fourth-order valence-corrected chi connectivity index (χ4v) is 3.31. The Labute approximate surface area is 130 Å². The molecule has 106 valence electrons. The molecule has 1 N–H and O–H groups in total. The average Bonchev–Trinajstić information content (AvgIpc) is 3.05. The summed E-state index contributed by atoms with van der Waals surface area (Å²) in [5.41, 5.74) is 5.35. The molecule has 2 heteroatoms. The second kappa shape index (κ2) is 6.70. The zero-order valence-corrected chi connectivity index (χ0v) is 12.9. The maximum Gasteiger partial charge on any atom is 0.0582 e. The first kappa shape index (κ1) is 14.1. The molecule has 0 saturated carbocycles. The zero-order chi connectivity index (χ0) is 14.5. The van der Waals surface area contributed by atoms with Crippen molar-refractivity contribution in [3.05, 3.63) is 93.7 Å². The third-order valence-corrected chi connectivity index (χ3v) is 4.43. The van der Waals surface area contributed by atoms with Gasteiger partial charge in [-0.2, -0.15) is 11.3 Å². The SMILES string of the molecule is CNC(c1ccc(Cc2ccccc2)cc1)c1ccsc1. The highest BCUT2D eigenvalue weighted by Gasteiger charge is 2.11. The average molecular weight is 293 g/mol. The summed E-state index contributed by atoms with van der Waals surface area (Å²) >= 11 is 1.74. The molecule has 0 spiro atoms. The summed E-state index contributed by atoms with van der Waals surface area (Å²) in [5, 5.41) is 7.73. The Morgan fingerprint density at radius 3 is 2.19 bits per heavy atom. The number of hydrogen-bond donors (Lipinski definition) is 1. The predicted octanol–water partition coefficient (Wildman–Crippen LogP) is 4.65. The smallest absolute Gasteiger partial charge is 0.0582 e. The molecule has 0 saturated heterocycles. The minimum Gasteiger partial charge on any atom is -0.309 e. The number of benzene rings is 2. The number of hydrogen-bond acceptors (Lipinski definition) is 2. The molecule has 0 radical (unpaired) electrons. The Kier molecular flexibility index (Phi) is 4.49. The van der Waals surface area contributed by atoms with E-state index in [1.807, 2.05) is 7.05 Å². The lowest BCUT2D eigenvalue weighted by Crippen LogP contribution is -2.16. The molecule has 0 aliphatic heterocycles. The molecule has 0 amide bonds. The molecule has 3 aromatic rings. The van der Waals surface area contributed by atoms with Gasteiger partial charge in [0, 0.05) is 0 Å². The van der Waals surface area contributed by atoms with Gasteiger partial charge >= 0.3 is 0 Å². The first-order chi connectivity index (χ1) is 10.4. The lowest BCUT2D eigenvalue weighted by atomic mass is 9.98. The Hall–Kier alpha value is -1.90. The molecule has 1 aromatic heterocycles. The lowest BCUT2D eigenvalue weighted by molar-refractivity contribution is 0.694. The largest absolute Gasteiger partial charge is 0.309 e. The topological polar surface area (TPSA) is 12.0 Å². The predicted molar refractivity (Wildman–Crippen MR) is 90.9 cm³/mol. The fraction of sp³-hybridized carbons (Fsp3) is 0.158. The van der Waals surface area contributed by atoms with E-state index in [0.29, 0.717) is 0 Å². The summed E-state index contributed by atoms with van der Waals surface area (Å²) in [6.45, 7) is 0. The molecule has 1 heterocycles. The third kappa shape index (κ3) is 3.41. The molecule has 0 fully saturated rings. The monoisotopic (exact) mass is 293 g/mol. The summed E-state index contributed by atoms with van der Waals surface area (Å²) in [7, 11) is 2.01. The van der Waals surface area contributed by atoms with E-state index in [-0.39, 0.29) is 6.04 Å². The van der Waals surface area contributed by atoms with Crippen LogP contribution in [0.15, 0.2) is 71.4 Å². The van der Waals surface area contributed by atoms with Gasteiger partial charge in [0.1, 0.15) is 0 Å². The fourth-order valence-electron chi connectivity index (χ4n) is 2.62.